The van der Waals surface area contributed by atoms with Gasteiger partial charge in [-0.2, -0.15) is 5.26 Å². The fourth-order valence-corrected chi connectivity index (χ4v) is 0.970. The first kappa shape index (κ1) is 8.61. The first-order valence-corrected chi connectivity index (χ1v) is 3.84. The second kappa shape index (κ2) is 3.27. The smallest absolute Gasteiger partial charge is 0.118 e. The molecule has 0 fully saturated rings. The highest BCUT2D eigenvalue weighted by atomic mass is 16.3. The summed E-state index contributed by atoms with van der Waals surface area (Å²) in [6, 6.07) is 7.44. The second-order valence-electron chi connectivity index (χ2n) is 2.90. The highest BCUT2D eigenvalue weighted by Gasteiger charge is 2.04. The van der Waals surface area contributed by atoms with Gasteiger partial charge < -0.3 is 5.11 Å². The average molecular weight is 161 g/mol. The number of rotatable bonds is 1. The summed E-state index contributed by atoms with van der Waals surface area (Å²) in [5.41, 5.74) is 1.70. The van der Waals surface area contributed by atoms with E-state index in [4.69, 9.17) is 5.26 Å². The van der Waals surface area contributed by atoms with E-state index in [1.807, 2.05) is 26.0 Å². The molecule has 0 aliphatic rings. The molecule has 1 rings (SSSR count). The first-order chi connectivity index (χ1) is 5.65. The number of nitriles is 1. The van der Waals surface area contributed by atoms with Gasteiger partial charge in [0, 0.05) is 0 Å². The summed E-state index contributed by atoms with van der Waals surface area (Å²) in [5.74, 6) is 0.103. The zero-order valence-electron chi connectivity index (χ0n) is 7.20. The van der Waals surface area contributed by atoms with Gasteiger partial charge in [0.05, 0.1) is 12.0 Å². The molecule has 62 valence electrons. The van der Waals surface area contributed by atoms with Gasteiger partial charge in [0.15, 0.2) is 0 Å². The molecule has 1 N–H and O–H groups in total. The van der Waals surface area contributed by atoms with Gasteiger partial charge >= 0.3 is 0 Å². The van der Waals surface area contributed by atoms with Gasteiger partial charge in [0.2, 0.25) is 0 Å². The van der Waals surface area contributed by atoms with Crippen molar-refractivity contribution in [3.05, 3.63) is 29.3 Å². The van der Waals surface area contributed by atoms with E-state index in [1.54, 1.807) is 6.07 Å². The lowest BCUT2D eigenvalue weighted by molar-refractivity contribution is 0.470. The van der Waals surface area contributed by atoms with Gasteiger partial charge in [-0.05, 0) is 31.0 Å². The second-order valence-corrected chi connectivity index (χ2v) is 2.90. The van der Waals surface area contributed by atoms with Crippen LogP contribution < -0.4 is 0 Å². The fourth-order valence-electron chi connectivity index (χ4n) is 0.970. The minimum atomic E-state index is -0.156. The molecular formula is C10H11NO. The Kier molecular flexibility index (Phi) is 2.35. The van der Waals surface area contributed by atoms with Crippen LogP contribution in [0.3, 0.4) is 0 Å². The Hall–Kier alpha value is -1.49. The highest BCUT2D eigenvalue weighted by Crippen LogP contribution is 2.22. The summed E-state index contributed by atoms with van der Waals surface area (Å²) < 4.78 is 0. The van der Waals surface area contributed by atoms with E-state index in [2.05, 4.69) is 6.07 Å². The van der Waals surface area contributed by atoms with Crippen molar-refractivity contribution in [3.8, 4) is 11.8 Å². The maximum Gasteiger partial charge on any atom is 0.118 e. The molecule has 0 amide bonds. The molecule has 0 heterocycles. The van der Waals surface area contributed by atoms with Crippen molar-refractivity contribution in [1.29, 1.82) is 5.26 Å². The summed E-state index contributed by atoms with van der Waals surface area (Å²) in [7, 11) is 0. The first-order valence-electron chi connectivity index (χ1n) is 3.84. The van der Waals surface area contributed by atoms with Crippen LogP contribution in [0.1, 0.15) is 24.0 Å². The van der Waals surface area contributed by atoms with Gasteiger partial charge in [0.25, 0.3) is 0 Å². The van der Waals surface area contributed by atoms with Crippen LogP contribution in [0.25, 0.3) is 0 Å². The largest absolute Gasteiger partial charge is 0.508 e. The van der Waals surface area contributed by atoms with Crippen LogP contribution in [-0.4, -0.2) is 5.11 Å². The minimum absolute atomic E-state index is 0.156. The van der Waals surface area contributed by atoms with Crippen LogP contribution >= 0.6 is 0 Å². The lowest BCUT2D eigenvalue weighted by Gasteiger charge is -2.04. The number of phenolic OH excluding ortho intramolecular Hbond substituents is 1. The number of phenols is 1. The number of aromatic hydroxyl groups is 1. The molecule has 0 aliphatic heterocycles. The average Bonchev–Trinajstić information content (AvgIpc) is 2.08. The zero-order valence-corrected chi connectivity index (χ0v) is 7.20. The van der Waals surface area contributed by atoms with Crippen molar-refractivity contribution >= 4 is 0 Å². The van der Waals surface area contributed by atoms with Crippen LogP contribution in [0.4, 0.5) is 0 Å². The molecular weight excluding hydrogens is 150 g/mol. The van der Waals surface area contributed by atoms with Crippen LogP contribution in [0, 0.1) is 18.3 Å². The molecule has 1 unspecified atom stereocenters. The normalized spacial score (nSPS) is 12.1. The molecule has 2 nitrogen and oxygen atoms in total. The lowest BCUT2D eigenvalue weighted by Crippen LogP contribution is -1.89. The fraction of sp³-hybridized carbons (Fsp3) is 0.300. The van der Waals surface area contributed by atoms with Crippen molar-refractivity contribution in [3.63, 3.8) is 0 Å². The third-order valence-electron chi connectivity index (χ3n) is 1.93. The molecule has 0 bridgehead atoms. The lowest BCUT2D eigenvalue weighted by atomic mass is 10.0. The Morgan fingerprint density at radius 3 is 2.67 bits per heavy atom. The van der Waals surface area contributed by atoms with Gasteiger partial charge in [-0.3, -0.25) is 0 Å². The van der Waals surface area contributed by atoms with Crippen molar-refractivity contribution in [1.82, 2.24) is 0 Å². The highest BCUT2D eigenvalue weighted by molar-refractivity contribution is 5.38. The van der Waals surface area contributed by atoms with Crippen LogP contribution in [0.15, 0.2) is 18.2 Å². The molecule has 1 atom stereocenters. The quantitative estimate of drug-likeness (QED) is 0.687. The topological polar surface area (TPSA) is 44.0 Å². The SMILES string of the molecule is Cc1ccc(C(C)C#N)cc1O. The Labute approximate surface area is 72.1 Å². The molecule has 0 aromatic heterocycles. The predicted octanol–water partition coefficient (Wildman–Crippen LogP) is 2.33. The maximum absolute atomic E-state index is 9.34. The molecule has 2 heteroatoms. The molecule has 0 aliphatic carbocycles. The van der Waals surface area contributed by atoms with E-state index in [1.165, 1.54) is 0 Å². The number of hydrogen-bond donors (Lipinski definition) is 1. The number of benzene rings is 1. The van der Waals surface area contributed by atoms with Crippen molar-refractivity contribution < 1.29 is 5.11 Å². The van der Waals surface area contributed by atoms with Crippen molar-refractivity contribution in [2.24, 2.45) is 0 Å². The summed E-state index contributed by atoms with van der Waals surface area (Å²) >= 11 is 0. The molecule has 0 saturated heterocycles. The molecule has 0 spiro atoms. The molecule has 1 aromatic carbocycles. The van der Waals surface area contributed by atoms with Crippen molar-refractivity contribution in [2.75, 3.05) is 0 Å². The van der Waals surface area contributed by atoms with Crippen LogP contribution in [0.2, 0.25) is 0 Å². The molecule has 0 radical (unpaired) electrons. The van der Waals surface area contributed by atoms with Crippen molar-refractivity contribution in [2.45, 2.75) is 19.8 Å². The minimum Gasteiger partial charge on any atom is -0.508 e. The van der Waals surface area contributed by atoms with Gasteiger partial charge in [-0.1, -0.05) is 12.1 Å². The number of nitrogens with zero attached hydrogens (tertiary/aromatic N) is 1. The zero-order chi connectivity index (χ0) is 9.14. The molecule has 1 aromatic rings. The Balaban J connectivity index is 3.06. The van der Waals surface area contributed by atoms with Crippen LogP contribution in [-0.2, 0) is 0 Å². The molecule has 12 heavy (non-hydrogen) atoms. The summed E-state index contributed by atoms with van der Waals surface area (Å²) in [6.07, 6.45) is 0. The van der Waals surface area contributed by atoms with E-state index in [9.17, 15) is 5.11 Å². The third kappa shape index (κ3) is 1.57. The Morgan fingerprint density at radius 1 is 1.50 bits per heavy atom. The molecule has 0 saturated carbocycles. The van der Waals surface area contributed by atoms with Gasteiger partial charge in [0.1, 0.15) is 5.75 Å². The third-order valence-corrected chi connectivity index (χ3v) is 1.93. The van der Waals surface area contributed by atoms with E-state index >= 15 is 0 Å². The van der Waals surface area contributed by atoms with Crippen LogP contribution in [0.5, 0.6) is 5.75 Å². The predicted molar refractivity (Wildman–Crippen MR) is 46.9 cm³/mol. The Bertz CT molecular complexity index is 325. The maximum atomic E-state index is 9.34. The standard InChI is InChI=1S/C10H11NO/c1-7-3-4-9(5-10(7)12)8(2)6-11/h3-5,8,12H,1-2H3. The number of aryl methyl sites for hydroxylation is 1. The summed E-state index contributed by atoms with van der Waals surface area (Å²) in [5, 5.41) is 18.0. The van der Waals surface area contributed by atoms with E-state index in [0.717, 1.165) is 11.1 Å². The monoisotopic (exact) mass is 161 g/mol. The Morgan fingerprint density at radius 2 is 2.17 bits per heavy atom. The summed E-state index contributed by atoms with van der Waals surface area (Å²) in [4.78, 5) is 0. The van der Waals surface area contributed by atoms with Gasteiger partial charge in [-0.25, -0.2) is 0 Å². The summed E-state index contributed by atoms with van der Waals surface area (Å²) in [6.45, 7) is 3.64. The van der Waals surface area contributed by atoms with E-state index in [0.29, 0.717) is 0 Å². The number of hydrogen-bond acceptors (Lipinski definition) is 2. The van der Waals surface area contributed by atoms with E-state index in [-0.39, 0.29) is 11.7 Å². The van der Waals surface area contributed by atoms with E-state index < -0.39 is 0 Å². The van der Waals surface area contributed by atoms with Gasteiger partial charge in [-0.15, -0.1) is 0 Å².